The number of tetrazole rings is 1. The lowest BCUT2D eigenvalue weighted by Crippen LogP contribution is -2.19. The van der Waals surface area contributed by atoms with Gasteiger partial charge in [0.25, 0.3) is 0 Å². The van der Waals surface area contributed by atoms with Gasteiger partial charge in [0, 0.05) is 23.6 Å². The van der Waals surface area contributed by atoms with Crippen LogP contribution in [0.3, 0.4) is 0 Å². The summed E-state index contributed by atoms with van der Waals surface area (Å²) in [6, 6.07) is 8.39. The van der Waals surface area contributed by atoms with E-state index in [0.717, 1.165) is 12.1 Å². The molecule has 3 rings (SSSR count). The fraction of sp³-hybridized carbons (Fsp3) is 0.250. The van der Waals surface area contributed by atoms with E-state index in [2.05, 4.69) is 55.2 Å². The van der Waals surface area contributed by atoms with Crippen LogP contribution in [0.2, 0.25) is 0 Å². The van der Waals surface area contributed by atoms with Crippen molar-refractivity contribution in [3.63, 3.8) is 0 Å². The number of aromatic nitrogens is 5. The van der Waals surface area contributed by atoms with E-state index in [1.807, 2.05) is 13.1 Å². The Hall–Kier alpha value is -2.21. The summed E-state index contributed by atoms with van der Waals surface area (Å²) < 4.78 is 0. The van der Waals surface area contributed by atoms with Gasteiger partial charge in [0.2, 0.25) is 0 Å². The Balaban J connectivity index is 1.75. The van der Waals surface area contributed by atoms with Gasteiger partial charge in [0.1, 0.15) is 0 Å². The standard InChI is InChI=1S/C12H14N6/c1-8(12-15-17-18-16-12)14-7-9-3-2-4-11-10(9)5-6-13-11/h2-6,8,13-14H,7H2,1H3,(H,15,16,17,18). The summed E-state index contributed by atoms with van der Waals surface area (Å²) in [5.74, 6) is 0.677. The van der Waals surface area contributed by atoms with Crippen LogP contribution in [0.4, 0.5) is 0 Å². The molecule has 0 amide bonds. The molecule has 3 N–H and O–H groups in total. The van der Waals surface area contributed by atoms with Crippen molar-refractivity contribution in [1.29, 1.82) is 0 Å². The van der Waals surface area contributed by atoms with Crippen LogP contribution in [-0.2, 0) is 6.54 Å². The summed E-state index contributed by atoms with van der Waals surface area (Å²) in [6.07, 6.45) is 1.96. The normalized spacial score (nSPS) is 12.9. The lowest BCUT2D eigenvalue weighted by Gasteiger charge is -2.10. The van der Waals surface area contributed by atoms with Gasteiger partial charge in [-0.2, -0.15) is 5.21 Å². The minimum Gasteiger partial charge on any atom is -0.361 e. The fourth-order valence-electron chi connectivity index (χ4n) is 2.01. The molecule has 2 aromatic heterocycles. The van der Waals surface area contributed by atoms with Gasteiger partial charge >= 0.3 is 0 Å². The van der Waals surface area contributed by atoms with Crippen molar-refractivity contribution in [2.45, 2.75) is 19.5 Å². The SMILES string of the molecule is CC(NCc1cccc2[nH]ccc12)c1nn[nH]n1. The summed E-state index contributed by atoms with van der Waals surface area (Å²) in [6.45, 7) is 2.78. The Morgan fingerprint density at radius 2 is 2.28 bits per heavy atom. The van der Waals surface area contributed by atoms with Crippen molar-refractivity contribution in [1.82, 2.24) is 30.9 Å². The quantitative estimate of drug-likeness (QED) is 0.648. The van der Waals surface area contributed by atoms with Gasteiger partial charge in [-0.15, -0.1) is 10.2 Å². The first-order valence-corrected chi connectivity index (χ1v) is 5.86. The molecule has 1 atom stereocenters. The van der Waals surface area contributed by atoms with Gasteiger partial charge in [-0.3, -0.25) is 0 Å². The minimum absolute atomic E-state index is 0.0675. The topological polar surface area (TPSA) is 82.3 Å². The monoisotopic (exact) mass is 242 g/mol. The fourth-order valence-corrected chi connectivity index (χ4v) is 2.01. The summed E-state index contributed by atoms with van der Waals surface area (Å²) in [5, 5.41) is 18.6. The molecule has 0 radical (unpaired) electrons. The number of hydrogen-bond acceptors (Lipinski definition) is 4. The molecule has 6 nitrogen and oxygen atoms in total. The maximum atomic E-state index is 3.96. The third kappa shape index (κ3) is 1.98. The molecule has 18 heavy (non-hydrogen) atoms. The van der Waals surface area contributed by atoms with Crippen molar-refractivity contribution in [3.05, 3.63) is 41.9 Å². The number of rotatable bonds is 4. The summed E-state index contributed by atoms with van der Waals surface area (Å²) in [5.41, 5.74) is 2.41. The number of fused-ring (bicyclic) bond motifs is 1. The second-order valence-electron chi connectivity index (χ2n) is 4.23. The maximum absolute atomic E-state index is 3.96. The molecule has 3 aromatic rings. The number of nitrogens with zero attached hydrogens (tertiary/aromatic N) is 3. The Morgan fingerprint density at radius 3 is 3.11 bits per heavy atom. The van der Waals surface area contributed by atoms with Crippen molar-refractivity contribution in [2.75, 3.05) is 0 Å². The van der Waals surface area contributed by atoms with Crippen molar-refractivity contribution in [3.8, 4) is 0 Å². The first kappa shape index (κ1) is 10.9. The molecule has 0 bridgehead atoms. The Kier molecular flexibility index (Phi) is 2.77. The Labute approximate surface area is 104 Å². The van der Waals surface area contributed by atoms with Crippen LogP contribution >= 0.6 is 0 Å². The van der Waals surface area contributed by atoms with Crippen LogP contribution in [0, 0.1) is 0 Å². The molecule has 1 unspecified atom stereocenters. The molecular weight excluding hydrogens is 228 g/mol. The van der Waals surface area contributed by atoms with E-state index in [9.17, 15) is 0 Å². The number of hydrogen-bond donors (Lipinski definition) is 3. The van der Waals surface area contributed by atoms with Gasteiger partial charge in [0.05, 0.1) is 6.04 Å². The van der Waals surface area contributed by atoms with Gasteiger partial charge in [-0.25, -0.2) is 0 Å². The predicted molar refractivity (Wildman–Crippen MR) is 67.7 cm³/mol. The van der Waals surface area contributed by atoms with E-state index in [1.165, 1.54) is 10.9 Å². The molecular formula is C12H14N6. The van der Waals surface area contributed by atoms with Crippen molar-refractivity contribution >= 4 is 10.9 Å². The van der Waals surface area contributed by atoms with E-state index in [1.54, 1.807) is 0 Å². The number of benzene rings is 1. The van der Waals surface area contributed by atoms with Crippen LogP contribution in [0.25, 0.3) is 10.9 Å². The van der Waals surface area contributed by atoms with Gasteiger partial charge in [0.15, 0.2) is 5.82 Å². The van der Waals surface area contributed by atoms with Crippen LogP contribution in [-0.4, -0.2) is 25.6 Å². The molecule has 0 aliphatic carbocycles. The first-order chi connectivity index (χ1) is 8.84. The molecule has 0 saturated heterocycles. The average molecular weight is 242 g/mol. The second-order valence-corrected chi connectivity index (χ2v) is 4.23. The molecule has 0 aliphatic rings. The van der Waals surface area contributed by atoms with Gasteiger partial charge in [-0.1, -0.05) is 17.3 Å². The number of nitrogens with one attached hydrogen (secondary N) is 3. The average Bonchev–Trinajstić information content (AvgIpc) is 3.05. The predicted octanol–water partition coefficient (Wildman–Crippen LogP) is 1.53. The zero-order valence-corrected chi connectivity index (χ0v) is 10.0. The first-order valence-electron chi connectivity index (χ1n) is 5.86. The third-order valence-electron chi connectivity index (χ3n) is 3.03. The van der Waals surface area contributed by atoms with Crippen LogP contribution < -0.4 is 5.32 Å². The molecule has 0 aliphatic heterocycles. The highest BCUT2D eigenvalue weighted by Crippen LogP contribution is 2.18. The van der Waals surface area contributed by atoms with E-state index >= 15 is 0 Å². The molecule has 0 saturated carbocycles. The second kappa shape index (κ2) is 4.58. The van der Waals surface area contributed by atoms with Crippen LogP contribution in [0.1, 0.15) is 24.4 Å². The zero-order chi connectivity index (χ0) is 12.4. The highest BCUT2D eigenvalue weighted by molar-refractivity contribution is 5.82. The van der Waals surface area contributed by atoms with Crippen LogP contribution in [0.15, 0.2) is 30.5 Å². The highest BCUT2D eigenvalue weighted by Gasteiger charge is 2.10. The molecule has 2 heterocycles. The van der Waals surface area contributed by atoms with E-state index in [0.29, 0.717) is 5.82 Å². The molecule has 0 spiro atoms. The van der Waals surface area contributed by atoms with Crippen molar-refractivity contribution in [2.24, 2.45) is 0 Å². The summed E-state index contributed by atoms with van der Waals surface area (Å²) >= 11 is 0. The largest absolute Gasteiger partial charge is 0.361 e. The summed E-state index contributed by atoms with van der Waals surface area (Å²) in [7, 11) is 0. The maximum Gasteiger partial charge on any atom is 0.191 e. The lowest BCUT2D eigenvalue weighted by atomic mass is 10.1. The van der Waals surface area contributed by atoms with E-state index < -0.39 is 0 Å². The molecule has 6 heteroatoms. The molecule has 92 valence electrons. The van der Waals surface area contributed by atoms with E-state index in [-0.39, 0.29) is 6.04 Å². The van der Waals surface area contributed by atoms with Gasteiger partial charge in [-0.05, 0) is 24.6 Å². The van der Waals surface area contributed by atoms with Crippen molar-refractivity contribution < 1.29 is 0 Å². The minimum atomic E-state index is 0.0675. The zero-order valence-electron chi connectivity index (χ0n) is 10.0. The third-order valence-corrected chi connectivity index (χ3v) is 3.03. The number of H-pyrrole nitrogens is 2. The Morgan fingerprint density at radius 1 is 1.33 bits per heavy atom. The molecule has 1 aromatic carbocycles. The van der Waals surface area contributed by atoms with Gasteiger partial charge < -0.3 is 10.3 Å². The lowest BCUT2D eigenvalue weighted by molar-refractivity contribution is 0.548. The molecule has 0 fully saturated rings. The smallest absolute Gasteiger partial charge is 0.191 e. The number of aromatic amines is 2. The van der Waals surface area contributed by atoms with E-state index in [4.69, 9.17) is 0 Å². The summed E-state index contributed by atoms with van der Waals surface area (Å²) in [4.78, 5) is 3.21. The Bertz CT molecular complexity index is 627. The van der Waals surface area contributed by atoms with Crippen LogP contribution in [0.5, 0.6) is 0 Å². The highest BCUT2D eigenvalue weighted by atomic mass is 15.5.